The number of H-pyrrole nitrogens is 1. The predicted octanol–water partition coefficient (Wildman–Crippen LogP) is 2.43. The van der Waals surface area contributed by atoms with E-state index in [4.69, 9.17) is 0 Å². The van der Waals surface area contributed by atoms with Gasteiger partial charge in [-0.05, 0) is 19.9 Å². The average Bonchev–Trinajstić information content (AvgIpc) is 3.07. The number of aromatic nitrogens is 1. The van der Waals surface area contributed by atoms with E-state index in [0.717, 1.165) is 42.6 Å². The maximum absolute atomic E-state index is 12.7. The first-order valence-electron chi connectivity index (χ1n) is 8.99. The second-order valence-corrected chi connectivity index (χ2v) is 6.39. The highest BCUT2D eigenvalue weighted by atomic mass is 16.2. The fourth-order valence-corrected chi connectivity index (χ4v) is 3.38. The molecule has 0 aliphatic carbocycles. The summed E-state index contributed by atoms with van der Waals surface area (Å²) in [5.74, 6) is 0.126. The van der Waals surface area contributed by atoms with Crippen LogP contribution in [-0.4, -0.2) is 77.3 Å². The molecule has 6 nitrogen and oxygen atoms in total. The molecule has 134 valence electrons. The third-order valence-electron chi connectivity index (χ3n) is 4.93. The molecule has 1 N–H and O–H groups in total. The van der Waals surface area contributed by atoms with Crippen LogP contribution in [0.1, 0.15) is 24.2 Å². The van der Waals surface area contributed by atoms with E-state index >= 15 is 0 Å². The molecule has 1 fully saturated rings. The molecule has 0 radical (unpaired) electrons. The van der Waals surface area contributed by atoms with Gasteiger partial charge in [-0.25, -0.2) is 4.79 Å². The first-order valence-corrected chi connectivity index (χ1v) is 8.99. The number of piperazine rings is 1. The van der Waals surface area contributed by atoms with Crippen molar-refractivity contribution < 1.29 is 9.59 Å². The van der Waals surface area contributed by atoms with Gasteiger partial charge in [0.05, 0.1) is 6.54 Å². The molecule has 1 aromatic heterocycles. The Bertz CT molecular complexity index is 743. The molecule has 2 aromatic rings. The fourth-order valence-electron chi connectivity index (χ4n) is 3.38. The van der Waals surface area contributed by atoms with E-state index in [0.29, 0.717) is 19.6 Å². The zero-order chi connectivity index (χ0) is 17.8. The lowest BCUT2D eigenvalue weighted by molar-refractivity contribution is 0.0855. The van der Waals surface area contributed by atoms with Crippen LogP contribution in [0, 0.1) is 0 Å². The Morgan fingerprint density at radius 1 is 1.08 bits per heavy atom. The summed E-state index contributed by atoms with van der Waals surface area (Å²) < 4.78 is 0. The maximum Gasteiger partial charge on any atom is 0.320 e. The molecule has 0 saturated carbocycles. The largest absolute Gasteiger partial charge is 0.360 e. The van der Waals surface area contributed by atoms with Crippen molar-refractivity contribution in [3.8, 4) is 0 Å². The Hall–Kier alpha value is -2.34. The monoisotopic (exact) mass is 342 g/mol. The number of fused-ring (bicyclic) bond motifs is 1. The van der Waals surface area contributed by atoms with Crippen molar-refractivity contribution in [3.05, 3.63) is 36.0 Å². The molecule has 1 aliphatic rings. The Morgan fingerprint density at radius 2 is 1.76 bits per heavy atom. The van der Waals surface area contributed by atoms with E-state index in [1.807, 2.05) is 47.9 Å². The SMILES string of the molecule is CCN(CC)C(=O)N1CCN(CC(=O)c2c[nH]c3ccccc23)CC1. The summed E-state index contributed by atoms with van der Waals surface area (Å²) in [6.07, 6.45) is 1.80. The van der Waals surface area contributed by atoms with Crippen molar-refractivity contribution in [1.29, 1.82) is 0 Å². The minimum Gasteiger partial charge on any atom is -0.360 e. The number of carbonyl (C=O) groups is 2. The number of ketones is 1. The van der Waals surface area contributed by atoms with Crippen LogP contribution in [0.4, 0.5) is 4.79 Å². The second-order valence-electron chi connectivity index (χ2n) is 6.39. The Balaban J connectivity index is 1.57. The number of amides is 2. The van der Waals surface area contributed by atoms with Crippen LogP contribution in [0.3, 0.4) is 0 Å². The van der Waals surface area contributed by atoms with Gasteiger partial charge in [-0.3, -0.25) is 9.69 Å². The van der Waals surface area contributed by atoms with Crippen LogP contribution in [0.25, 0.3) is 10.9 Å². The lowest BCUT2D eigenvalue weighted by Gasteiger charge is -2.36. The number of para-hydroxylation sites is 1. The van der Waals surface area contributed by atoms with Crippen LogP contribution in [-0.2, 0) is 0 Å². The highest BCUT2D eigenvalue weighted by molar-refractivity contribution is 6.08. The number of urea groups is 1. The van der Waals surface area contributed by atoms with Gasteiger partial charge in [0.1, 0.15) is 0 Å². The van der Waals surface area contributed by atoms with Gasteiger partial charge in [-0.2, -0.15) is 0 Å². The molecule has 0 spiro atoms. The van der Waals surface area contributed by atoms with Gasteiger partial charge in [-0.1, -0.05) is 18.2 Å². The molecule has 0 unspecified atom stereocenters. The smallest absolute Gasteiger partial charge is 0.320 e. The number of nitrogens with zero attached hydrogens (tertiary/aromatic N) is 3. The Morgan fingerprint density at radius 3 is 2.44 bits per heavy atom. The molecule has 1 aliphatic heterocycles. The average molecular weight is 342 g/mol. The van der Waals surface area contributed by atoms with Crippen LogP contribution >= 0.6 is 0 Å². The zero-order valence-corrected chi connectivity index (χ0v) is 15.0. The molecule has 0 bridgehead atoms. The van der Waals surface area contributed by atoms with Crippen molar-refractivity contribution >= 4 is 22.7 Å². The molecule has 6 heteroatoms. The van der Waals surface area contributed by atoms with Gasteiger partial charge >= 0.3 is 6.03 Å². The summed E-state index contributed by atoms with van der Waals surface area (Å²) >= 11 is 0. The van der Waals surface area contributed by atoms with E-state index in [1.165, 1.54) is 0 Å². The maximum atomic E-state index is 12.7. The molecule has 2 heterocycles. The molecule has 1 aromatic carbocycles. The minimum absolute atomic E-state index is 0.104. The third-order valence-corrected chi connectivity index (χ3v) is 4.93. The van der Waals surface area contributed by atoms with E-state index in [-0.39, 0.29) is 11.8 Å². The van der Waals surface area contributed by atoms with Gasteiger partial charge in [0.25, 0.3) is 0 Å². The van der Waals surface area contributed by atoms with Gasteiger partial charge in [0.15, 0.2) is 5.78 Å². The highest BCUT2D eigenvalue weighted by Gasteiger charge is 2.25. The molecule has 3 rings (SSSR count). The lowest BCUT2D eigenvalue weighted by atomic mass is 10.1. The highest BCUT2D eigenvalue weighted by Crippen LogP contribution is 2.18. The molecule has 2 amide bonds. The molecule has 0 atom stereocenters. The first-order chi connectivity index (χ1) is 12.1. The standard InChI is InChI=1S/C19H26N4O2/c1-3-22(4-2)19(25)23-11-9-21(10-12-23)14-18(24)16-13-20-17-8-6-5-7-15(16)17/h5-8,13,20H,3-4,9-12,14H2,1-2H3. The zero-order valence-electron chi connectivity index (χ0n) is 15.0. The van der Waals surface area contributed by atoms with E-state index in [2.05, 4.69) is 9.88 Å². The quantitative estimate of drug-likeness (QED) is 0.849. The topological polar surface area (TPSA) is 59.7 Å². The summed E-state index contributed by atoms with van der Waals surface area (Å²) in [4.78, 5) is 34.1. The fraction of sp³-hybridized carbons (Fsp3) is 0.474. The summed E-state index contributed by atoms with van der Waals surface area (Å²) in [6, 6.07) is 7.96. The van der Waals surface area contributed by atoms with Gasteiger partial charge in [0, 0.05) is 61.9 Å². The van der Waals surface area contributed by atoms with E-state index in [9.17, 15) is 9.59 Å². The van der Waals surface area contributed by atoms with Crippen LogP contribution in [0.2, 0.25) is 0 Å². The number of hydrogen-bond acceptors (Lipinski definition) is 3. The third kappa shape index (κ3) is 3.69. The minimum atomic E-state index is 0.104. The molecule has 1 saturated heterocycles. The van der Waals surface area contributed by atoms with Crippen LogP contribution < -0.4 is 0 Å². The number of aromatic amines is 1. The van der Waals surface area contributed by atoms with Gasteiger partial charge in [0.2, 0.25) is 0 Å². The normalized spacial score (nSPS) is 15.5. The first kappa shape index (κ1) is 17.5. The predicted molar refractivity (Wildman–Crippen MR) is 99.0 cm³/mol. The summed E-state index contributed by atoms with van der Waals surface area (Å²) in [5, 5.41) is 0.975. The van der Waals surface area contributed by atoms with Crippen molar-refractivity contribution in [2.24, 2.45) is 0 Å². The number of carbonyl (C=O) groups excluding carboxylic acids is 2. The molecular weight excluding hydrogens is 316 g/mol. The number of benzene rings is 1. The van der Waals surface area contributed by atoms with Crippen molar-refractivity contribution in [2.45, 2.75) is 13.8 Å². The van der Waals surface area contributed by atoms with Crippen LogP contribution in [0.5, 0.6) is 0 Å². The number of hydrogen-bond donors (Lipinski definition) is 1. The van der Waals surface area contributed by atoms with Crippen molar-refractivity contribution in [2.75, 3.05) is 45.8 Å². The molecule has 25 heavy (non-hydrogen) atoms. The Kier molecular flexibility index (Phi) is 5.38. The lowest BCUT2D eigenvalue weighted by Crippen LogP contribution is -2.53. The van der Waals surface area contributed by atoms with Crippen molar-refractivity contribution in [1.82, 2.24) is 19.7 Å². The number of Topliss-reactive ketones (excluding diaryl/α,β-unsaturated/α-hetero) is 1. The summed E-state index contributed by atoms with van der Waals surface area (Å²) in [5.41, 5.74) is 1.73. The Labute approximate surface area is 148 Å². The van der Waals surface area contributed by atoms with Crippen LogP contribution in [0.15, 0.2) is 30.5 Å². The van der Waals surface area contributed by atoms with Gasteiger partial charge < -0.3 is 14.8 Å². The molecular formula is C19H26N4O2. The van der Waals surface area contributed by atoms with E-state index < -0.39 is 0 Å². The summed E-state index contributed by atoms with van der Waals surface area (Å²) in [6.45, 7) is 8.68. The van der Waals surface area contributed by atoms with E-state index in [1.54, 1.807) is 6.20 Å². The second kappa shape index (κ2) is 7.70. The summed E-state index contributed by atoms with van der Waals surface area (Å²) in [7, 11) is 0. The number of nitrogens with one attached hydrogen (secondary N) is 1. The van der Waals surface area contributed by atoms with Crippen molar-refractivity contribution in [3.63, 3.8) is 0 Å². The van der Waals surface area contributed by atoms with Gasteiger partial charge in [-0.15, -0.1) is 0 Å². The number of rotatable bonds is 5.